The predicted octanol–water partition coefficient (Wildman–Crippen LogP) is 5.48. The van der Waals surface area contributed by atoms with Gasteiger partial charge in [0.2, 0.25) is 0 Å². The van der Waals surface area contributed by atoms with Crippen LogP contribution in [0.25, 0.3) is 10.4 Å². The van der Waals surface area contributed by atoms with Crippen LogP contribution >= 0.6 is 11.3 Å². The molecule has 0 amide bonds. The van der Waals surface area contributed by atoms with Crippen molar-refractivity contribution >= 4 is 17.0 Å². The normalized spacial score (nSPS) is 15.2. The molecule has 0 radical (unpaired) electrons. The summed E-state index contributed by atoms with van der Waals surface area (Å²) in [6, 6.07) is 24.2. The average molecular weight is 377 g/mol. The summed E-state index contributed by atoms with van der Waals surface area (Å²) in [5.41, 5.74) is 4.04. The molecule has 1 aliphatic heterocycles. The molecule has 1 aliphatic rings. The molecule has 2 heterocycles. The molecule has 3 aromatic rings. The van der Waals surface area contributed by atoms with Crippen LogP contribution in [0.5, 0.6) is 0 Å². The van der Waals surface area contributed by atoms with Crippen LogP contribution in [0.4, 0.5) is 5.69 Å². The van der Waals surface area contributed by atoms with Gasteiger partial charge < -0.3 is 4.90 Å². The summed E-state index contributed by atoms with van der Waals surface area (Å²) in [5, 5.41) is 0. The number of hydrogen-bond acceptors (Lipinski definition) is 3. The van der Waals surface area contributed by atoms with Gasteiger partial charge >= 0.3 is 0 Å². The highest BCUT2D eigenvalue weighted by Crippen LogP contribution is 2.28. The molecule has 1 aromatic heterocycles. The first-order valence-electron chi connectivity index (χ1n) is 9.96. The van der Waals surface area contributed by atoms with Crippen molar-refractivity contribution in [1.29, 1.82) is 0 Å². The number of piperazine rings is 1. The van der Waals surface area contributed by atoms with Crippen LogP contribution in [0.2, 0.25) is 0 Å². The van der Waals surface area contributed by atoms with E-state index in [1.807, 2.05) is 11.3 Å². The van der Waals surface area contributed by atoms with E-state index in [-0.39, 0.29) is 0 Å². The van der Waals surface area contributed by atoms with E-state index in [1.165, 1.54) is 59.0 Å². The summed E-state index contributed by atoms with van der Waals surface area (Å²) in [5.74, 6) is 0. The van der Waals surface area contributed by atoms with Gasteiger partial charge in [-0.15, -0.1) is 11.3 Å². The molecule has 0 bridgehead atoms. The van der Waals surface area contributed by atoms with Gasteiger partial charge in [-0.3, -0.25) is 4.90 Å². The lowest BCUT2D eigenvalue weighted by Gasteiger charge is -2.36. The third-order valence-corrected chi connectivity index (χ3v) is 6.58. The van der Waals surface area contributed by atoms with Crippen molar-refractivity contribution in [2.24, 2.45) is 0 Å². The van der Waals surface area contributed by atoms with Crippen molar-refractivity contribution in [3.05, 3.63) is 77.2 Å². The molecular weight excluding hydrogens is 348 g/mol. The number of rotatable bonds is 6. The second-order valence-corrected chi connectivity index (χ2v) is 8.57. The van der Waals surface area contributed by atoms with Gasteiger partial charge in [0.1, 0.15) is 0 Å². The topological polar surface area (TPSA) is 6.48 Å². The smallest absolute Gasteiger partial charge is 0.0367 e. The maximum atomic E-state index is 2.62. The van der Waals surface area contributed by atoms with Crippen molar-refractivity contribution in [2.75, 3.05) is 37.6 Å². The first kappa shape index (κ1) is 18.3. The summed E-state index contributed by atoms with van der Waals surface area (Å²) >= 11 is 1.94. The minimum atomic E-state index is 1.14. The Morgan fingerprint density at radius 1 is 0.815 bits per heavy atom. The molecule has 0 atom stereocenters. The van der Waals surface area contributed by atoms with E-state index in [0.29, 0.717) is 0 Å². The summed E-state index contributed by atoms with van der Waals surface area (Å²) in [6.45, 7) is 7.99. The Labute approximate surface area is 167 Å². The van der Waals surface area contributed by atoms with Crippen molar-refractivity contribution in [2.45, 2.75) is 19.8 Å². The quantitative estimate of drug-likeness (QED) is 0.562. The van der Waals surface area contributed by atoms with Crippen LogP contribution in [0.3, 0.4) is 0 Å². The third-order valence-electron chi connectivity index (χ3n) is 5.39. The number of anilines is 1. The average Bonchev–Trinajstić information content (AvgIpc) is 3.19. The fourth-order valence-electron chi connectivity index (χ4n) is 3.73. The third kappa shape index (κ3) is 4.79. The molecule has 0 unspecified atom stereocenters. The van der Waals surface area contributed by atoms with Crippen LogP contribution in [0.15, 0.2) is 66.7 Å². The molecule has 2 aromatic carbocycles. The van der Waals surface area contributed by atoms with Gasteiger partial charge in [0.25, 0.3) is 0 Å². The number of thiophene rings is 1. The van der Waals surface area contributed by atoms with Crippen LogP contribution in [-0.4, -0.2) is 37.6 Å². The zero-order valence-corrected chi connectivity index (χ0v) is 16.9. The minimum Gasteiger partial charge on any atom is -0.369 e. The molecule has 27 heavy (non-hydrogen) atoms. The van der Waals surface area contributed by atoms with E-state index in [4.69, 9.17) is 0 Å². The molecule has 140 valence electrons. The van der Waals surface area contributed by atoms with Crippen LogP contribution in [-0.2, 0) is 6.42 Å². The number of aryl methyl sites for hydroxylation is 2. The van der Waals surface area contributed by atoms with Gasteiger partial charge in [-0.1, -0.05) is 48.0 Å². The molecule has 3 heteroatoms. The van der Waals surface area contributed by atoms with E-state index >= 15 is 0 Å². The highest BCUT2D eigenvalue weighted by Gasteiger charge is 2.16. The number of hydrogen-bond donors (Lipinski definition) is 0. The Kier molecular flexibility index (Phi) is 5.90. The van der Waals surface area contributed by atoms with Crippen molar-refractivity contribution in [3.8, 4) is 10.4 Å². The molecule has 1 saturated heterocycles. The van der Waals surface area contributed by atoms with Crippen LogP contribution in [0.1, 0.15) is 16.9 Å². The standard InChI is InChI=1S/C24H28N2S/c1-20-9-11-22(12-10-20)26-18-16-25(17-19-26)15-5-8-23-13-14-24(27-23)21-6-3-2-4-7-21/h2-4,6-7,9-14H,5,8,15-19H2,1H3. The molecule has 2 nitrogen and oxygen atoms in total. The van der Waals surface area contributed by atoms with Gasteiger partial charge in [-0.25, -0.2) is 0 Å². The second-order valence-electron chi connectivity index (χ2n) is 7.40. The van der Waals surface area contributed by atoms with Gasteiger partial charge in [0.05, 0.1) is 0 Å². The second kappa shape index (κ2) is 8.73. The Hall–Kier alpha value is -2.10. The summed E-state index contributed by atoms with van der Waals surface area (Å²) in [6.07, 6.45) is 2.44. The molecule has 0 spiro atoms. The minimum absolute atomic E-state index is 1.14. The zero-order valence-electron chi connectivity index (χ0n) is 16.1. The lowest BCUT2D eigenvalue weighted by Crippen LogP contribution is -2.46. The van der Waals surface area contributed by atoms with E-state index in [0.717, 1.165) is 13.1 Å². The zero-order chi connectivity index (χ0) is 18.5. The fourth-order valence-corrected chi connectivity index (χ4v) is 4.79. The largest absolute Gasteiger partial charge is 0.369 e. The SMILES string of the molecule is Cc1ccc(N2CCN(CCCc3ccc(-c4ccccc4)s3)CC2)cc1. The molecule has 0 saturated carbocycles. The summed E-state index contributed by atoms with van der Waals surface area (Å²) < 4.78 is 0. The van der Waals surface area contributed by atoms with E-state index in [2.05, 4.69) is 83.5 Å². The molecule has 1 fully saturated rings. The Balaban J connectivity index is 1.22. The van der Waals surface area contributed by atoms with Gasteiger partial charge in [0, 0.05) is 41.6 Å². The Morgan fingerprint density at radius 3 is 2.30 bits per heavy atom. The Bertz CT molecular complexity index is 830. The monoisotopic (exact) mass is 376 g/mol. The predicted molar refractivity (Wildman–Crippen MR) is 118 cm³/mol. The number of benzene rings is 2. The van der Waals surface area contributed by atoms with E-state index < -0.39 is 0 Å². The highest BCUT2D eigenvalue weighted by atomic mass is 32.1. The Morgan fingerprint density at radius 2 is 1.56 bits per heavy atom. The summed E-state index contributed by atoms with van der Waals surface area (Å²) in [4.78, 5) is 8.03. The first-order chi connectivity index (χ1) is 13.3. The molecule has 0 aliphatic carbocycles. The fraction of sp³-hybridized carbons (Fsp3) is 0.333. The van der Waals surface area contributed by atoms with E-state index in [1.54, 1.807) is 0 Å². The highest BCUT2D eigenvalue weighted by molar-refractivity contribution is 7.15. The molecule has 4 rings (SSSR count). The maximum Gasteiger partial charge on any atom is 0.0367 e. The van der Waals surface area contributed by atoms with Crippen molar-refractivity contribution in [1.82, 2.24) is 4.90 Å². The van der Waals surface area contributed by atoms with Gasteiger partial charge in [-0.2, -0.15) is 0 Å². The van der Waals surface area contributed by atoms with E-state index in [9.17, 15) is 0 Å². The maximum absolute atomic E-state index is 2.62. The number of nitrogens with zero attached hydrogens (tertiary/aromatic N) is 2. The summed E-state index contributed by atoms with van der Waals surface area (Å²) in [7, 11) is 0. The van der Waals surface area contributed by atoms with Crippen molar-refractivity contribution < 1.29 is 0 Å². The van der Waals surface area contributed by atoms with Gasteiger partial charge in [0.15, 0.2) is 0 Å². The van der Waals surface area contributed by atoms with Crippen LogP contribution < -0.4 is 4.90 Å². The van der Waals surface area contributed by atoms with Crippen molar-refractivity contribution in [3.63, 3.8) is 0 Å². The molecular formula is C24H28N2S. The van der Waals surface area contributed by atoms with Gasteiger partial charge in [-0.05, 0) is 56.1 Å². The lowest BCUT2D eigenvalue weighted by molar-refractivity contribution is 0.255. The lowest BCUT2D eigenvalue weighted by atomic mass is 10.2. The molecule has 0 N–H and O–H groups in total. The first-order valence-corrected chi connectivity index (χ1v) is 10.8. The van der Waals surface area contributed by atoms with Crippen LogP contribution in [0, 0.1) is 6.92 Å².